The van der Waals surface area contributed by atoms with Crippen molar-refractivity contribution < 1.29 is 14.3 Å². The summed E-state index contributed by atoms with van der Waals surface area (Å²) in [5.41, 5.74) is 6.91. The van der Waals surface area contributed by atoms with Gasteiger partial charge in [0, 0.05) is 36.7 Å². The lowest BCUT2D eigenvalue weighted by molar-refractivity contribution is 0.0951. The first kappa shape index (κ1) is 21.9. The van der Waals surface area contributed by atoms with E-state index in [0.717, 1.165) is 5.39 Å². The third-order valence-corrected chi connectivity index (χ3v) is 6.49. The number of ketones is 1. The SMILES string of the molecule is COCc1c(C(=O)NCCN)sc2c1c(=O)n(CC(=O)c1ccccc1)c1ccccc21. The maximum atomic E-state index is 13.7. The number of methoxy groups -OCH3 is 1. The number of ether oxygens (including phenoxy) is 1. The van der Waals surface area contributed by atoms with E-state index < -0.39 is 0 Å². The Morgan fingerprint density at radius 3 is 2.53 bits per heavy atom. The zero-order chi connectivity index (χ0) is 22.7. The van der Waals surface area contributed by atoms with Crippen molar-refractivity contribution in [2.45, 2.75) is 13.2 Å². The van der Waals surface area contributed by atoms with Crippen LogP contribution in [0.15, 0.2) is 59.4 Å². The van der Waals surface area contributed by atoms with Gasteiger partial charge in [0.2, 0.25) is 0 Å². The van der Waals surface area contributed by atoms with Crippen molar-refractivity contribution in [1.82, 2.24) is 9.88 Å². The van der Waals surface area contributed by atoms with Crippen LogP contribution in [0.3, 0.4) is 0 Å². The van der Waals surface area contributed by atoms with Crippen LogP contribution >= 0.6 is 11.3 Å². The van der Waals surface area contributed by atoms with Crippen LogP contribution in [0.2, 0.25) is 0 Å². The number of para-hydroxylation sites is 1. The fourth-order valence-corrected chi connectivity index (χ4v) is 5.02. The molecule has 0 unspecified atom stereocenters. The second-order valence-corrected chi connectivity index (χ2v) is 8.31. The maximum absolute atomic E-state index is 13.7. The molecule has 8 heteroatoms. The van der Waals surface area contributed by atoms with E-state index in [1.165, 1.54) is 23.0 Å². The highest BCUT2D eigenvalue weighted by Gasteiger charge is 2.24. The molecule has 2 aromatic carbocycles. The van der Waals surface area contributed by atoms with Gasteiger partial charge in [0.25, 0.3) is 11.5 Å². The predicted octanol–water partition coefficient (Wildman–Crippen LogP) is 2.93. The van der Waals surface area contributed by atoms with Crippen molar-refractivity contribution >= 4 is 44.0 Å². The minimum Gasteiger partial charge on any atom is -0.380 e. The average Bonchev–Trinajstić information content (AvgIpc) is 3.20. The van der Waals surface area contributed by atoms with Gasteiger partial charge in [-0.2, -0.15) is 0 Å². The zero-order valence-electron chi connectivity index (χ0n) is 17.6. The lowest BCUT2D eigenvalue weighted by Crippen LogP contribution is -2.29. The molecule has 32 heavy (non-hydrogen) atoms. The van der Waals surface area contributed by atoms with Gasteiger partial charge in [0.1, 0.15) is 0 Å². The van der Waals surface area contributed by atoms with Crippen molar-refractivity contribution in [2.24, 2.45) is 5.73 Å². The van der Waals surface area contributed by atoms with E-state index in [1.807, 2.05) is 30.3 Å². The summed E-state index contributed by atoms with van der Waals surface area (Å²) in [5.74, 6) is -0.458. The molecule has 4 aromatic rings. The molecule has 0 atom stereocenters. The summed E-state index contributed by atoms with van der Waals surface area (Å²) < 4.78 is 7.53. The average molecular weight is 450 g/mol. The normalized spacial score (nSPS) is 11.2. The summed E-state index contributed by atoms with van der Waals surface area (Å²) in [6.07, 6.45) is 0. The Kier molecular flexibility index (Phi) is 6.45. The van der Waals surface area contributed by atoms with Gasteiger partial charge in [-0.05, 0) is 6.07 Å². The van der Waals surface area contributed by atoms with Gasteiger partial charge in [-0.15, -0.1) is 11.3 Å². The number of nitrogens with one attached hydrogen (secondary N) is 1. The number of thiophene rings is 1. The molecule has 4 rings (SSSR count). The van der Waals surface area contributed by atoms with Crippen LogP contribution in [0.4, 0.5) is 0 Å². The fourth-order valence-electron chi connectivity index (χ4n) is 3.77. The summed E-state index contributed by atoms with van der Waals surface area (Å²) in [6, 6.07) is 16.3. The molecule has 0 aliphatic rings. The van der Waals surface area contributed by atoms with Gasteiger partial charge >= 0.3 is 0 Å². The van der Waals surface area contributed by atoms with Gasteiger partial charge in [-0.3, -0.25) is 19.0 Å². The Labute approximate surface area is 188 Å². The summed E-state index contributed by atoms with van der Waals surface area (Å²) in [6.45, 7) is 0.644. The molecule has 0 saturated heterocycles. The molecule has 2 heterocycles. The van der Waals surface area contributed by atoms with E-state index in [-0.39, 0.29) is 30.4 Å². The highest BCUT2D eigenvalue weighted by molar-refractivity contribution is 7.22. The van der Waals surface area contributed by atoms with Crippen LogP contribution in [0.25, 0.3) is 21.0 Å². The largest absolute Gasteiger partial charge is 0.380 e. The third kappa shape index (κ3) is 3.95. The van der Waals surface area contributed by atoms with Crippen LogP contribution in [0.1, 0.15) is 25.6 Å². The molecule has 0 aliphatic carbocycles. The van der Waals surface area contributed by atoms with Crippen molar-refractivity contribution in [1.29, 1.82) is 0 Å². The second-order valence-electron chi connectivity index (χ2n) is 7.29. The Balaban J connectivity index is 1.95. The van der Waals surface area contributed by atoms with Gasteiger partial charge in [-0.25, -0.2) is 0 Å². The molecule has 0 spiro atoms. The number of fused-ring (bicyclic) bond motifs is 3. The number of Topliss-reactive ketones (excluding diaryl/α,β-unsaturated/α-hetero) is 1. The molecule has 3 N–H and O–H groups in total. The topological polar surface area (TPSA) is 103 Å². The molecule has 0 aliphatic heterocycles. The van der Waals surface area contributed by atoms with Crippen LogP contribution in [-0.4, -0.2) is 36.5 Å². The molecule has 0 radical (unpaired) electrons. The Morgan fingerprint density at radius 2 is 1.81 bits per heavy atom. The molecule has 0 fully saturated rings. The number of nitrogens with zero attached hydrogens (tertiary/aromatic N) is 1. The summed E-state index contributed by atoms with van der Waals surface area (Å²) in [4.78, 5) is 39.8. The number of nitrogens with two attached hydrogens (primary N) is 1. The first-order valence-electron chi connectivity index (χ1n) is 10.2. The molecule has 164 valence electrons. The minimum absolute atomic E-state index is 0.101. The lowest BCUT2D eigenvalue weighted by Gasteiger charge is -2.12. The van der Waals surface area contributed by atoms with Crippen LogP contribution < -0.4 is 16.6 Å². The number of carbonyl (C=O) groups excluding carboxylic acids is 2. The summed E-state index contributed by atoms with van der Waals surface area (Å²) >= 11 is 1.26. The quantitative estimate of drug-likeness (QED) is 0.403. The highest BCUT2D eigenvalue weighted by atomic mass is 32.1. The Bertz CT molecular complexity index is 1360. The number of amides is 1. The van der Waals surface area contributed by atoms with Crippen LogP contribution in [0, 0.1) is 0 Å². The number of carbonyl (C=O) groups is 2. The first-order valence-corrected chi connectivity index (χ1v) is 11.0. The number of pyridine rings is 1. The molecule has 0 saturated carbocycles. The lowest BCUT2D eigenvalue weighted by atomic mass is 10.1. The van der Waals surface area contributed by atoms with E-state index in [9.17, 15) is 14.4 Å². The van der Waals surface area contributed by atoms with Crippen molar-refractivity contribution in [3.63, 3.8) is 0 Å². The standard InChI is InChI=1S/C24H23N3O4S/c1-31-14-17-20-21(32-22(17)23(29)26-12-11-25)16-9-5-6-10-18(16)27(24(20)30)13-19(28)15-7-3-2-4-8-15/h2-10H,11-14,25H2,1H3,(H,26,29). The van der Waals surface area contributed by atoms with Gasteiger partial charge in [0.05, 0.1) is 33.6 Å². The number of rotatable bonds is 8. The van der Waals surface area contributed by atoms with Crippen molar-refractivity contribution in [3.8, 4) is 0 Å². The Morgan fingerprint density at radius 1 is 1.09 bits per heavy atom. The Hall–Kier alpha value is -3.33. The molecule has 2 aromatic heterocycles. The third-order valence-electron chi connectivity index (χ3n) is 5.23. The molecule has 0 bridgehead atoms. The van der Waals surface area contributed by atoms with Gasteiger partial charge in [-0.1, -0.05) is 48.5 Å². The first-order chi connectivity index (χ1) is 15.6. The monoisotopic (exact) mass is 449 g/mol. The smallest absolute Gasteiger partial charge is 0.261 e. The van der Waals surface area contributed by atoms with E-state index in [2.05, 4.69) is 5.32 Å². The molecular formula is C24H23N3O4S. The molecule has 7 nitrogen and oxygen atoms in total. The number of benzene rings is 2. The molecular weight excluding hydrogens is 426 g/mol. The second kappa shape index (κ2) is 9.44. The van der Waals surface area contributed by atoms with E-state index in [4.69, 9.17) is 10.5 Å². The van der Waals surface area contributed by atoms with Crippen LogP contribution in [-0.2, 0) is 17.9 Å². The maximum Gasteiger partial charge on any atom is 0.261 e. The fraction of sp³-hybridized carbons (Fsp3) is 0.208. The van der Waals surface area contributed by atoms with Crippen LogP contribution in [0.5, 0.6) is 0 Å². The number of hydrogen-bond donors (Lipinski definition) is 2. The van der Waals surface area contributed by atoms with Gasteiger partial charge in [0.15, 0.2) is 5.78 Å². The number of aromatic nitrogens is 1. The van der Waals surface area contributed by atoms with E-state index in [1.54, 1.807) is 24.3 Å². The summed E-state index contributed by atoms with van der Waals surface area (Å²) in [7, 11) is 1.52. The zero-order valence-corrected chi connectivity index (χ0v) is 18.4. The van der Waals surface area contributed by atoms with Gasteiger partial charge < -0.3 is 15.8 Å². The van der Waals surface area contributed by atoms with Crippen molar-refractivity contribution in [2.75, 3.05) is 20.2 Å². The van der Waals surface area contributed by atoms with E-state index in [0.29, 0.717) is 44.7 Å². The summed E-state index contributed by atoms with van der Waals surface area (Å²) in [5, 5.41) is 3.99. The highest BCUT2D eigenvalue weighted by Crippen LogP contribution is 2.35. The van der Waals surface area contributed by atoms with E-state index >= 15 is 0 Å². The predicted molar refractivity (Wildman–Crippen MR) is 126 cm³/mol. The minimum atomic E-state index is -0.316. The number of hydrogen-bond acceptors (Lipinski definition) is 6. The van der Waals surface area contributed by atoms with Crippen molar-refractivity contribution in [3.05, 3.63) is 81.0 Å². The molecule has 1 amide bonds.